The smallest absolute Gasteiger partial charge is 0.269 e. The van der Waals surface area contributed by atoms with Gasteiger partial charge < -0.3 is 21.5 Å². The molecule has 5 rings (SSSR count). The van der Waals surface area contributed by atoms with E-state index in [0.717, 1.165) is 11.1 Å². The molecule has 4 aromatic rings. The Balaban J connectivity index is 1.56. The second-order valence-electron chi connectivity index (χ2n) is 8.87. The molecule has 7 N–H and O–H groups in total. The van der Waals surface area contributed by atoms with Gasteiger partial charge in [-0.05, 0) is 66.9 Å². The molecule has 39 heavy (non-hydrogen) atoms. The first kappa shape index (κ1) is 26.0. The molecule has 200 valence electrons. The zero-order valence-corrected chi connectivity index (χ0v) is 21.4. The quantitative estimate of drug-likeness (QED) is 0.218. The fraction of sp³-hybridized carbons (Fsp3) is 0.154. The number of aryl methyl sites for hydroxylation is 1. The summed E-state index contributed by atoms with van der Waals surface area (Å²) in [7, 11) is -3.89. The highest BCUT2D eigenvalue weighted by molar-refractivity contribution is 7.89. The van der Waals surface area contributed by atoms with Crippen molar-refractivity contribution in [3.8, 4) is 16.9 Å². The van der Waals surface area contributed by atoms with Crippen LogP contribution in [0.1, 0.15) is 32.0 Å². The molecule has 0 spiro atoms. The van der Waals surface area contributed by atoms with Crippen LogP contribution in [0.2, 0.25) is 0 Å². The van der Waals surface area contributed by atoms with Crippen LogP contribution in [0.4, 0.5) is 11.5 Å². The third kappa shape index (κ3) is 5.10. The van der Waals surface area contributed by atoms with Crippen LogP contribution in [0.5, 0.6) is 0 Å². The first-order valence-corrected chi connectivity index (χ1v) is 13.5. The molecule has 2 aromatic carbocycles. The van der Waals surface area contributed by atoms with Crippen molar-refractivity contribution in [2.45, 2.75) is 17.7 Å². The third-order valence-corrected chi connectivity index (χ3v) is 7.28. The maximum atomic E-state index is 13.1. The highest BCUT2D eigenvalue weighted by atomic mass is 32.2. The number of aromatic nitrogens is 3. The Kier molecular flexibility index (Phi) is 6.87. The van der Waals surface area contributed by atoms with Gasteiger partial charge in [0.05, 0.1) is 28.4 Å². The summed E-state index contributed by atoms with van der Waals surface area (Å²) in [5, 5.41) is 24.6. The Morgan fingerprint density at radius 2 is 1.85 bits per heavy atom. The van der Waals surface area contributed by atoms with E-state index in [1.54, 1.807) is 47.3 Å². The molecular formula is C26H25N7O5S. The number of pyridine rings is 1. The van der Waals surface area contributed by atoms with Crippen LogP contribution in [0.15, 0.2) is 65.7 Å². The Morgan fingerprint density at radius 1 is 1.08 bits per heavy atom. The van der Waals surface area contributed by atoms with Crippen LogP contribution in [0, 0.1) is 0 Å². The number of aliphatic hydroxyl groups excluding tert-OH is 1. The maximum absolute atomic E-state index is 13.1. The van der Waals surface area contributed by atoms with E-state index in [4.69, 9.17) is 16.0 Å². The minimum Gasteiger partial charge on any atom is -0.395 e. The van der Waals surface area contributed by atoms with Gasteiger partial charge in [-0.1, -0.05) is 6.07 Å². The minimum atomic E-state index is -3.89. The lowest BCUT2D eigenvalue weighted by Gasteiger charge is -2.20. The second-order valence-corrected chi connectivity index (χ2v) is 10.4. The lowest BCUT2D eigenvalue weighted by molar-refractivity contribution is 0.0992. The molecule has 0 aliphatic heterocycles. The van der Waals surface area contributed by atoms with Crippen molar-refractivity contribution < 1.29 is 23.1 Å². The predicted octanol–water partition coefficient (Wildman–Crippen LogP) is 1.44. The van der Waals surface area contributed by atoms with Gasteiger partial charge >= 0.3 is 0 Å². The average molecular weight is 548 g/mol. The maximum Gasteiger partial charge on any atom is 0.269 e. The Morgan fingerprint density at radius 3 is 2.54 bits per heavy atom. The van der Waals surface area contributed by atoms with Gasteiger partial charge in [-0.25, -0.2) is 23.2 Å². The van der Waals surface area contributed by atoms with Crippen molar-refractivity contribution in [3.05, 3.63) is 83.2 Å². The lowest BCUT2D eigenvalue weighted by atomic mass is 9.88. The molecule has 2 aromatic heterocycles. The first-order valence-electron chi connectivity index (χ1n) is 12.0. The molecule has 1 aliphatic carbocycles. The summed E-state index contributed by atoms with van der Waals surface area (Å²) in [6, 6.07) is 14.6. The highest BCUT2D eigenvalue weighted by Gasteiger charge is 2.28. The monoisotopic (exact) mass is 547 g/mol. The largest absolute Gasteiger partial charge is 0.395 e. The lowest BCUT2D eigenvalue weighted by Crippen LogP contribution is -2.17. The van der Waals surface area contributed by atoms with E-state index in [2.05, 4.69) is 20.7 Å². The number of anilines is 2. The molecular weight excluding hydrogens is 522 g/mol. The first-order chi connectivity index (χ1) is 18.7. The molecule has 0 atom stereocenters. The summed E-state index contributed by atoms with van der Waals surface area (Å²) in [4.78, 5) is 29.5. The highest BCUT2D eigenvalue weighted by Crippen LogP contribution is 2.38. The summed E-state index contributed by atoms with van der Waals surface area (Å²) in [6.07, 6.45) is 2.70. The number of nitrogens with one attached hydrogen (secondary N) is 2. The molecule has 0 unspecified atom stereocenters. The van der Waals surface area contributed by atoms with Gasteiger partial charge in [0, 0.05) is 29.6 Å². The molecule has 12 nitrogen and oxygen atoms in total. The molecule has 1 aliphatic rings. The van der Waals surface area contributed by atoms with Gasteiger partial charge in [0.1, 0.15) is 5.82 Å². The van der Waals surface area contributed by atoms with Crippen LogP contribution in [0.3, 0.4) is 0 Å². The fourth-order valence-electron chi connectivity index (χ4n) is 4.58. The molecule has 13 heteroatoms. The van der Waals surface area contributed by atoms with Gasteiger partial charge in [0.25, 0.3) is 11.8 Å². The molecule has 0 saturated heterocycles. The molecule has 2 amide bonds. The fourth-order valence-corrected chi connectivity index (χ4v) is 5.10. The van der Waals surface area contributed by atoms with Crippen molar-refractivity contribution in [2.75, 3.05) is 23.8 Å². The number of hydrogen-bond donors (Lipinski definition) is 5. The number of nitrogens with two attached hydrogens (primary N) is 2. The number of amides is 2. The van der Waals surface area contributed by atoms with Crippen molar-refractivity contribution in [3.63, 3.8) is 0 Å². The minimum absolute atomic E-state index is 0.0592. The van der Waals surface area contributed by atoms with Gasteiger partial charge in [-0.3, -0.25) is 9.59 Å². The van der Waals surface area contributed by atoms with E-state index in [-0.39, 0.29) is 23.7 Å². The Bertz CT molecular complexity index is 1700. The van der Waals surface area contributed by atoms with Crippen LogP contribution in [-0.2, 0) is 22.9 Å². The summed E-state index contributed by atoms with van der Waals surface area (Å²) >= 11 is 0. The normalized spacial score (nSPS) is 12.4. The summed E-state index contributed by atoms with van der Waals surface area (Å²) in [5.41, 5.74) is 10.1. The Labute approximate surface area is 223 Å². The third-order valence-electron chi connectivity index (χ3n) is 6.35. The number of primary amides is 1. The van der Waals surface area contributed by atoms with Gasteiger partial charge in [-0.15, -0.1) is 0 Å². The van der Waals surface area contributed by atoms with Crippen LogP contribution in [-0.4, -0.2) is 53.3 Å². The number of primary sulfonamides is 1. The van der Waals surface area contributed by atoms with Crippen molar-refractivity contribution in [1.29, 1.82) is 0 Å². The van der Waals surface area contributed by atoms with Crippen molar-refractivity contribution >= 4 is 33.3 Å². The van der Waals surface area contributed by atoms with E-state index >= 15 is 0 Å². The zero-order chi connectivity index (χ0) is 27.7. The molecule has 0 radical (unpaired) electrons. The number of aliphatic hydroxyl groups is 1. The predicted molar refractivity (Wildman–Crippen MR) is 144 cm³/mol. The molecule has 0 bridgehead atoms. The number of fused-ring (bicyclic) bond motifs is 3. The summed E-state index contributed by atoms with van der Waals surface area (Å²) in [6.45, 7) is 0.125. The zero-order valence-electron chi connectivity index (χ0n) is 20.6. The number of benzene rings is 2. The topological polar surface area (TPSA) is 195 Å². The van der Waals surface area contributed by atoms with Crippen LogP contribution >= 0.6 is 0 Å². The summed E-state index contributed by atoms with van der Waals surface area (Å²) in [5.74, 6) is -0.737. The van der Waals surface area contributed by atoms with Gasteiger partial charge in [0.15, 0.2) is 5.69 Å². The number of carbonyl (C=O) groups excluding carboxylic acids is 2. The van der Waals surface area contributed by atoms with Gasteiger partial charge in [-0.2, -0.15) is 5.10 Å². The van der Waals surface area contributed by atoms with E-state index in [1.807, 2.05) is 6.07 Å². The second kappa shape index (κ2) is 10.3. The van der Waals surface area contributed by atoms with Crippen molar-refractivity contribution in [2.24, 2.45) is 10.9 Å². The van der Waals surface area contributed by atoms with E-state index in [0.29, 0.717) is 46.9 Å². The molecule has 2 heterocycles. The van der Waals surface area contributed by atoms with Gasteiger partial charge in [0.2, 0.25) is 10.0 Å². The van der Waals surface area contributed by atoms with Crippen LogP contribution < -0.4 is 21.5 Å². The average Bonchev–Trinajstić information content (AvgIpc) is 3.32. The SMILES string of the molecule is NC(=O)c1nn(-c2ccc(S(N)(=O)=O)cc2)c2c1CCc1ccc(NC(=O)c3cccnc3NCCO)cc1-2. The van der Waals surface area contributed by atoms with E-state index in [9.17, 15) is 18.0 Å². The Hall–Kier alpha value is -4.59. The number of sulfonamides is 1. The standard InChI is InChI=1S/C26H25N7O5S/c27-24(35)22-19-10-4-15-3-5-16(31-26(36)20-2-1-11-29-25(20)30-12-13-34)14-21(15)23(19)33(32-22)17-6-8-18(9-7-17)39(28,37)38/h1-3,5-9,11,14,34H,4,10,12-13H2,(H2,27,35)(H,29,30)(H,31,36)(H2,28,37,38). The van der Waals surface area contributed by atoms with E-state index in [1.165, 1.54) is 12.1 Å². The molecule has 0 saturated carbocycles. The van der Waals surface area contributed by atoms with Crippen molar-refractivity contribution in [1.82, 2.24) is 14.8 Å². The number of rotatable bonds is 8. The number of nitrogens with zero attached hydrogens (tertiary/aromatic N) is 3. The molecule has 0 fully saturated rings. The van der Waals surface area contributed by atoms with E-state index < -0.39 is 21.8 Å². The number of hydrogen-bond acceptors (Lipinski definition) is 8. The number of carbonyl (C=O) groups is 2. The van der Waals surface area contributed by atoms with Crippen LogP contribution in [0.25, 0.3) is 16.9 Å². The summed E-state index contributed by atoms with van der Waals surface area (Å²) < 4.78 is 25.0.